The van der Waals surface area contributed by atoms with Crippen LogP contribution in [0, 0.1) is 0 Å². The molecule has 10 heteroatoms. The molecule has 0 spiro atoms. The molecule has 0 rings (SSSR count). The number of quaternary nitrogens is 1. The van der Waals surface area contributed by atoms with Crippen molar-refractivity contribution in [2.45, 2.75) is 302 Å². The molecule has 0 aliphatic heterocycles. The van der Waals surface area contributed by atoms with Gasteiger partial charge in [-0.2, -0.15) is 0 Å². The Hall–Kier alpha value is -4.63. The van der Waals surface area contributed by atoms with Crippen LogP contribution in [0.5, 0.6) is 0 Å². The Morgan fingerprint density at radius 1 is 0.330 bits per heavy atom. The maximum atomic E-state index is 12.9. The quantitative estimate of drug-likeness (QED) is 0.0195. The van der Waals surface area contributed by atoms with E-state index in [9.17, 15) is 19.0 Å². The lowest BCUT2D eigenvalue weighted by molar-refractivity contribution is -0.870. The van der Waals surface area contributed by atoms with E-state index in [1.54, 1.807) is 0 Å². The van der Waals surface area contributed by atoms with Gasteiger partial charge in [-0.25, -0.2) is 0 Å². The molecule has 0 bridgehead atoms. The molecule has 0 aromatic rings. The Kier molecular flexibility index (Phi) is 69.1. The number of carbonyl (C=O) groups is 2. The molecule has 2 unspecified atom stereocenters. The standard InChI is InChI=1S/C84H140NO8P/c1-6-8-10-12-14-16-18-20-22-24-26-28-30-32-34-36-37-38-39-40-41-42-43-44-45-46-47-49-51-53-55-57-59-61-63-65-67-69-71-73-75-77-84(87)93-82(81-92-94(88,89)91-79-78-85(3,4)5)80-90-83(86)76-74-72-70-68-66-64-62-60-58-56-54-52-50-48-35-33-31-29-27-25-23-21-19-17-15-13-11-9-7-2/h8-11,14-17,20-23,26-29,32-35,37-38,40-41,50,52,56,58,82H,6-7,12-13,18-19,24-25,30-31,36,39,42-49,51,53-55,57,59-81H2,1-5H3/b10-8-,11-9-,16-14-,17-15-,22-20-,23-21-,28-26-,29-27-,34-32-,35-33-,38-37-,41-40-,52-50-,58-56-. The zero-order chi connectivity index (χ0) is 68.3. The van der Waals surface area contributed by atoms with E-state index in [-0.39, 0.29) is 26.1 Å². The number of hydrogen-bond donors (Lipinski definition) is 0. The molecule has 0 aromatic heterocycles. The molecule has 0 aliphatic carbocycles. The zero-order valence-electron chi connectivity index (χ0n) is 60.8. The first-order valence-electron chi connectivity index (χ1n) is 37.8. The van der Waals surface area contributed by atoms with E-state index in [0.717, 1.165) is 135 Å². The van der Waals surface area contributed by atoms with E-state index in [2.05, 4.69) is 184 Å². The van der Waals surface area contributed by atoms with E-state index in [1.807, 2.05) is 21.1 Å². The minimum Gasteiger partial charge on any atom is -0.756 e. The van der Waals surface area contributed by atoms with Crippen molar-refractivity contribution in [2.75, 3.05) is 47.5 Å². The van der Waals surface area contributed by atoms with Crippen molar-refractivity contribution >= 4 is 19.8 Å². The lowest BCUT2D eigenvalue weighted by atomic mass is 10.0. The number of ether oxygens (including phenoxy) is 2. The lowest BCUT2D eigenvalue weighted by Crippen LogP contribution is -2.37. The van der Waals surface area contributed by atoms with Crippen LogP contribution < -0.4 is 4.89 Å². The third-order valence-electron chi connectivity index (χ3n) is 15.7. The van der Waals surface area contributed by atoms with Gasteiger partial charge in [0.15, 0.2) is 6.10 Å². The van der Waals surface area contributed by atoms with Crippen molar-refractivity contribution in [1.82, 2.24) is 0 Å². The average molecular weight is 1320 g/mol. The number of rotatable bonds is 68. The first kappa shape index (κ1) is 89.4. The molecule has 0 fully saturated rings. The number of nitrogens with zero attached hydrogens (tertiary/aromatic N) is 1. The summed E-state index contributed by atoms with van der Waals surface area (Å²) in [5.74, 6) is -0.847. The smallest absolute Gasteiger partial charge is 0.306 e. The van der Waals surface area contributed by atoms with Crippen LogP contribution in [0.1, 0.15) is 296 Å². The third-order valence-corrected chi connectivity index (χ3v) is 16.7. The van der Waals surface area contributed by atoms with Crippen molar-refractivity contribution in [3.63, 3.8) is 0 Å². The summed E-state index contributed by atoms with van der Waals surface area (Å²) >= 11 is 0. The minimum atomic E-state index is -4.66. The van der Waals surface area contributed by atoms with Crippen molar-refractivity contribution in [3.8, 4) is 0 Å². The maximum absolute atomic E-state index is 12.9. The summed E-state index contributed by atoms with van der Waals surface area (Å²) in [7, 11) is 1.15. The molecule has 0 saturated heterocycles. The van der Waals surface area contributed by atoms with Crippen LogP contribution in [0.4, 0.5) is 0 Å². The Morgan fingerprint density at radius 3 is 0.851 bits per heavy atom. The second kappa shape index (κ2) is 72.6. The van der Waals surface area contributed by atoms with Gasteiger partial charge in [0, 0.05) is 12.8 Å². The maximum Gasteiger partial charge on any atom is 0.306 e. The van der Waals surface area contributed by atoms with E-state index in [0.29, 0.717) is 23.9 Å². The molecule has 94 heavy (non-hydrogen) atoms. The van der Waals surface area contributed by atoms with Gasteiger partial charge >= 0.3 is 11.9 Å². The van der Waals surface area contributed by atoms with Gasteiger partial charge in [0.2, 0.25) is 0 Å². The van der Waals surface area contributed by atoms with E-state index >= 15 is 0 Å². The molecule has 0 amide bonds. The van der Waals surface area contributed by atoms with Crippen molar-refractivity contribution in [1.29, 1.82) is 0 Å². The van der Waals surface area contributed by atoms with Crippen molar-refractivity contribution in [3.05, 3.63) is 170 Å². The van der Waals surface area contributed by atoms with Crippen LogP contribution in [0.2, 0.25) is 0 Å². The molecule has 9 nitrogen and oxygen atoms in total. The van der Waals surface area contributed by atoms with Gasteiger partial charge in [-0.3, -0.25) is 14.2 Å². The molecule has 0 aliphatic rings. The normalized spacial score (nSPS) is 14.1. The summed E-state index contributed by atoms with van der Waals surface area (Å²) in [6.45, 7) is 4.00. The minimum absolute atomic E-state index is 0.0394. The van der Waals surface area contributed by atoms with Gasteiger partial charge in [-0.1, -0.05) is 325 Å². The van der Waals surface area contributed by atoms with Gasteiger partial charge in [0.1, 0.15) is 19.8 Å². The number of phosphoric ester groups is 1. The van der Waals surface area contributed by atoms with Crippen LogP contribution in [0.15, 0.2) is 170 Å². The fraction of sp³-hybridized carbons (Fsp3) is 0.643. The van der Waals surface area contributed by atoms with Gasteiger partial charge < -0.3 is 27.9 Å². The zero-order valence-corrected chi connectivity index (χ0v) is 61.7. The van der Waals surface area contributed by atoms with Gasteiger partial charge in [-0.05, 0) is 128 Å². The lowest BCUT2D eigenvalue weighted by Gasteiger charge is -2.28. The number of unbranched alkanes of at least 4 members (excludes halogenated alkanes) is 26. The van der Waals surface area contributed by atoms with E-state index in [1.165, 1.54) is 122 Å². The first-order valence-corrected chi connectivity index (χ1v) is 39.3. The highest BCUT2D eigenvalue weighted by Gasteiger charge is 2.22. The second-order valence-electron chi connectivity index (χ2n) is 25.9. The summed E-state index contributed by atoms with van der Waals surface area (Å²) in [4.78, 5) is 38.1. The fourth-order valence-electron chi connectivity index (χ4n) is 10.0. The predicted octanol–water partition coefficient (Wildman–Crippen LogP) is 24.6. The molecule has 2 atom stereocenters. The number of likely N-dealkylation sites (N-methyl/N-ethyl adjacent to an activating group) is 1. The summed E-state index contributed by atoms with van der Waals surface area (Å²) in [6.07, 6.45) is 110. The molecule has 534 valence electrons. The molecule has 0 N–H and O–H groups in total. The van der Waals surface area contributed by atoms with Gasteiger partial charge in [-0.15, -0.1) is 0 Å². The number of allylic oxidation sites excluding steroid dienone is 28. The van der Waals surface area contributed by atoms with Crippen LogP contribution in [-0.2, 0) is 32.7 Å². The predicted molar refractivity (Wildman–Crippen MR) is 406 cm³/mol. The van der Waals surface area contributed by atoms with Crippen LogP contribution >= 0.6 is 7.82 Å². The van der Waals surface area contributed by atoms with Crippen LogP contribution in [-0.4, -0.2) is 70.0 Å². The van der Waals surface area contributed by atoms with Gasteiger partial charge in [0.05, 0.1) is 27.7 Å². The molecular weight excluding hydrogens is 1180 g/mol. The third kappa shape index (κ3) is 76.4. The van der Waals surface area contributed by atoms with Crippen molar-refractivity contribution < 1.29 is 42.1 Å². The number of esters is 2. The van der Waals surface area contributed by atoms with Gasteiger partial charge in [0.25, 0.3) is 7.82 Å². The highest BCUT2D eigenvalue weighted by Crippen LogP contribution is 2.38. The number of carbonyl (C=O) groups excluding carboxylic acids is 2. The Bertz CT molecular complexity index is 2200. The Morgan fingerprint density at radius 2 is 0.574 bits per heavy atom. The second-order valence-corrected chi connectivity index (χ2v) is 27.3. The van der Waals surface area contributed by atoms with E-state index < -0.39 is 32.5 Å². The van der Waals surface area contributed by atoms with E-state index in [4.69, 9.17) is 18.5 Å². The molecule has 0 saturated carbocycles. The number of phosphoric acid groups is 1. The Labute approximate surface area is 578 Å². The Balaban J connectivity index is 4.04. The SMILES string of the molecule is CC/C=C\C/C=C\C/C=C\C/C=C\C/C=C\C/C=C\C/C=C\CCCCCCCCCCCCCCCCCCCCCC(=O)OC(COC(=O)CCCCCCCCC/C=C\C/C=C\C/C=C\C/C=C\C/C=C\C/C=C\C/C=C\CC)COP(=O)([O-])OCC[N+](C)(C)C. The topological polar surface area (TPSA) is 111 Å². The van der Waals surface area contributed by atoms with Crippen LogP contribution in [0.25, 0.3) is 0 Å². The monoisotopic (exact) mass is 1320 g/mol. The summed E-state index contributed by atoms with van der Waals surface area (Å²) in [5, 5.41) is 0. The van der Waals surface area contributed by atoms with Crippen molar-refractivity contribution in [2.24, 2.45) is 0 Å². The summed E-state index contributed by atoms with van der Waals surface area (Å²) < 4.78 is 34.4. The summed E-state index contributed by atoms with van der Waals surface area (Å²) in [6, 6.07) is 0. The van der Waals surface area contributed by atoms with Crippen LogP contribution in [0.3, 0.4) is 0 Å². The summed E-state index contributed by atoms with van der Waals surface area (Å²) in [5.41, 5.74) is 0. The largest absolute Gasteiger partial charge is 0.756 e. The highest BCUT2D eigenvalue weighted by molar-refractivity contribution is 7.45. The molecular formula is C84H140NO8P. The fourth-order valence-corrected chi connectivity index (χ4v) is 10.8. The first-order chi connectivity index (χ1) is 46.0. The number of hydrogen-bond acceptors (Lipinski definition) is 8. The molecule has 0 heterocycles. The highest BCUT2D eigenvalue weighted by atomic mass is 31.2. The average Bonchev–Trinajstić information content (AvgIpc) is 1.57. The molecule has 0 radical (unpaired) electrons. The molecule has 0 aromatic carbocycles.